The van der Waals surface area contributed by atoms with Gasteiger partial charge in [-0.15, -0.1) is 21.5 Å². The van der Waals surface area contributed by atoms with Gasteiger partial charge in [0.1, 0.15) is 5.75 Å². The van der Waals surface area contributed by atoms with Gasteiger partial charge in [-0.2, -0.15) is 0 Å². The van der Waals surface area contributed by atoms with Crippen molar-refractivity contribution in [2.45, 2.75) is 43.1 Å². The maximum absolute atomic E-state index is 12.8. The van der Waals surface area contributed by atoms with Crippen molar-refractivity contribution >= 4 is 28.9 Å². The fraction of sp³-hybridized carbons (Fsp3) is 0.350. The van der Waals surface area contributed by atoms with Crippen molar-refractivity contribution in [1.82, 2.24) is 14.8 Å². The van der Waals surface area contributed by atoms with Gasteiger partial charge >= 0.3 is 0 Å². The van der Waals surface area contributed by atoms with E-state index < -0.39 is 0 Å². The lowest BCUT2D eigenvalue weighted by atomic mass is 10.1. The molecule has 0 radical (unpaired) electrons. The Balaban J connectivity index is 1.52. The molecule has 27 heavy (non-hydrogen) atoms. The molecule has 4 rings (SSSR count). The number of carbonyl (C=O) groups is 1. The second-order valence-electron chi connectivity index (χ2n) is 6.47. The lowest BCUT2D eigenvalue weighted by Gasteiger charge is -2.12. The van der Waals surface area contributed by atoms with Gasteiger partial charge < -0.3 is 4.74 Å². The van der Waals surface area contributed by atoms with E-state index in [1.165, 1.54) is 11.8 Å². The van der Waals surface area contributed by atoms with Crippen LogP contribution < -0.4 is 4.74 Å². The zero-order valence-electron chi connectivity index (χ0n) is 15.3. The van der Waals surface area contributed by atoms with Crippen molar-refractivity contribution in [2.75, 3.05) is 6.61 Å². The summed E-state index contributed by atoms with van der Waals surface area (Å²) in [6.07, 6.45) is 2.29. The fourth-order valence-corrected chi connectivity index (χ4v) is 4.62. The minimum Gasteiger partial charge on any atom is -0.494 e. The molecule has 1 fully saturated rings. The summed E-state index contributed by atoms with van der Waals surface area (Å²) in [6, 6.07) is 11.9. The van der Waals surface area contributed by atoms with Crippen molar-refractivity contribution in [2.24, 2.45) is 0 Å². The van der Waals surface area contributed by atoms with E-state index in [2.05, 4.69) is 20.8 Å². The quantitative estimate of drug-likeness (QED) is 0.389. The highest BCUT2D eigenvalue weighted by Crippen LogP contribution is 2.42. The first-order chi connectivity index (χ1) is 13.2. The molecule has 0 saturated heterocycles. The molecule has 0 unspecified atom stereocenters. The number of benzene rings is 1. The van der Waals surface area contributed by atoms with Gasteiger partial charge in [0.25, 0.3) is 0 Å². The number of ether oxygens (including phenoxy) is 1. The minimum atomic E-state index is -0.235. The van der Waals surface area contributed by atoms with Gasteiger partial charge in [-0.1, -0.05) is 17.8 Å². The van der Waals surface area contributed by atoms with Crippen molar-refractivity contribution in [3.63, 3.8) is 0 Å². The van der Waals surface area contributed by atoms with E-state index in [9.17, 15) is 4.79 Å². The molecule has 0 N–H and O–H groups in total. The van der Waals surface area contributed by atoms with Crippen LogP contribution in [0.5, 0.6) is 5.75 Å². The van der Waals surface area contributed by atoms with Gasteiger partial charge in [-0.3, -0.25) is 9.36 Å². The van der Waals surface area contributed by atoms with E-state index in [0.717, 1.165) is 34.4 Å². The molecule has 0 amide bonds. The van der Waals surface area contributed by atoms with Crippen LogP contribution in [0.4, 0.5) is 0 Å². The van der Waals surface area contributed by atoms with Crippen LogP contribution in [0.2, 0.25) is 0 Å². The molecule has 1 atom stereocenters. The van der Waals surface area contributed by atoms with E-state index in [4.69, 9.17) is 4.74 Å². The average molecular weight is 400 g/mol. The largest absolute Gasteiger partial charge is 0.494 e. The number of ketones is 1. The third-order valence-electron chi connectivity index (χ3n) is 4.42. The van der Waals surface area contributed by atoms with Gasteiger partial charge in [0.2, 0.25) is 0 Å². The normalized spacial score (nSPS) is 14.9. The Morgan fingerprint density at radius 2 is 2.07 bits per heavy atom. The Kier molecular flexibility index (Phi) is 5.31. The zero-order chi connectivity index (χ0) is 18.8. The highest BCUT2D eigenvalue weighted by Gasteiger charge is 2.31. The number of thiophene rings is 1. The third kappa shape index (κ3) is 3.94. The Hall–Kier alpha value is -2.12. The Bertz CT molecular complexity index is 915. The molecule has 1 aliphatic carbocycles. The number of Topliss-reactive ketones (excluding diaryl/α,β-unsaturated/α-hetero) is 1. The summed E-state index contributed by atoms with van der Waals surface area (Å²) in [5, 5.41) is 11.4. The van der Waals surface area contributed by atoms with Crippen LogP contribution in [-0.2, 0) is 0 Å². The molecule has 3 aromatic rings. The smallest absolute Gasteiger partial charge is 0.192 e. The summed E-state index contributed by atoms with van der Waals surface area (Å²) < 4.78 is 7.65. The van der Waals surface area contributed by atoms with Gasteiger partial charge in [-0.05, 0) is 62.4 Å². The van der Waals surface area contributed by atoms with Gasteiger partial charge in [0, 0.05) is 11.6 Å². The molecular formula is C20H21N3O2S2. The van der Waals surface area contributed by atoms with E-state index in [-0.39, 0.29) is 11.0 Å². The maximum Gasteiger partial charge on any atom is 0.192 e. The first kappa shape index (κ1) is 18.3. The summed E-state index contributed by atoms with van der Waals surface area (Å²) in [5.41, 5.74) is 0.689. The highest BCUT2D eigenvalue weighted by molar-refractivity contribution is 8.00. The number of hydrogen-bond acceptors (Lipinski definition) is 6. The number of thioether (sulfide) groups is 1. The predicted molar refractivity (Wildman–Crippen MR) is 109 cm³/mol. The molecule has 1 saturated carbocycles. The van der Waals surface area contributed by atoms with Crippen molar-refractivity contribution in [3.8, 4) is 16.5 Å². The van der Waals surface area contributed by atoms with Gasteiger partial charge in [0.15, 0.2) is 16.8 Å². The molecule has 0 aliphatic heterocycles. The van der Waals surface area contributed by atoms with Crippen molar-refractivity contribution < 1.29 is 9.53 Å². The number of rotatable bonds is 8. The van der Waals surface area contributed by atoms with Crippen LogP contribution in [0.15, 0.2) is 46.9 Å². The molecule has 0 spiro atoms. The zero-order valence-corrected chi connectivity index (χ0v) is 16.9. The molecule has 0 bridgehead atoms. The second kappa shape index (κ2) is 7.86. The summed E-state index contributed by atoms with van der Waals surface area (Å²) >= 11 is 3.15. The van der Waals surface area contributed by atoms with Crippen molar-refractivity contribution in [1.29, 1.82) is 0 Å². The monoisotopic (exact) mass is 399 g/mol. The minimum absolute atomic E-state index is 0.0890. The molecule has 7 heteroatoms. The predicted octanol–water partition coefficient (Wildman–Crippen LogP) is 5.10. The number of nitrogens with zero attached hydrogens (tertiary/aromatic N) is 3. The topological polar surface area (TPSA) is 57.0 Å². The Labute approximate surface area is 166 Å². The average Bonchev–Trinajstić information content (AvgIpc) is 3.20. The second-order valence-corrected chi connectivity index (χ2v) is 8.72. The van der Waals surface area contributed by atoms with Crippen LogP contribution >= 0.6 is 23.1 Å². The standard InChI is InChI=1S/C20H21N3O2S2/c1-3-25-16-10-6-14(7-11-16)18(24)13(2)27-20-22-21-19(17-5-4-12-26-17)23(20)15-8-9-15/h4-7,10-13,15H,3,8-9H2,1-2H3/t13-/m1/s1. The van der Waals surface area contributed by atoms with Crippen LogP contribution in [0.25, 0.3) is 10.7 Å². The first-order valence-electron chi connectivity index (χ1n) is 9.10. The molecule has 2 heterocycles. The molecule has 140 valence electrons. The van der Waals surface area contributed by atoms with Crippen LogP contribution in [0.1, 0.15) is 43.1 Å². The summed E-state index contributed by atoms with van der Waals surface area (Å²) in [4.78, 5) is 14.0. The van der Waals surface area contributed by atoms with Crippen molar-refractivity contribution in [3.05, 3.63) is 47.3 Å². The molecule has 1 aromatic carbocycles. The number of carbonyl (C=O) groups excluding carboxylic acids is 1. The lowest BCUT2D eigenvalue weighted by molar-refractivity contribution is 0.0994. The number of hydrogen-bond donors (Lipinski definition) is 0. The SMILES string of the molecule is CCOc1ccc(C(=O)[C@@H](C)Sc2nnc(-c3cccs3)n2C2CC2)cc1. The molecule has 5 nitrogen and oxygen atoms in total. The third-order valence-corrected chi connectivity index (χ3v) is 6.34. The van der Waals surface area contributed by atoms with Gasteiger partial charge in [0.05, 0.1) is 16.7 Å². The van der Waals surface area contributed by atoms with Gasteiger partial charge in [-0.25, -0.2) is 0 Å². The first-order valence-corrected chi connectivity index (χ1v) is 10.9. The molecular weight excluding hydrogens is 378 g/mol. The van der Waals surface area contributed by atoms with E-state index in [0.29, 0.717) is 18.2 Å². The Morgan fingerprint density at radius 3 is 2.70 bits per heavy atom. The maximum atomic E-state index is 12.8. The van der Waals surface area contributed by atoms with E-state index >= 15 is 0 Å². The van der Waals surface area contributed by atoms with Crippen LogP contribution in [0, 0.1) is 0 Å². The number of aromatic nitrogens is 3. The van der Waals surface area contributed by atoms with E-state index in [1.54, 1.807) is 11.3 Å². The lowest BCUT2D eigenvalue weighted by Crippen LogP contribution is -2.14. The summed E-state index contributed by atoms with van der Waals surface area (Å²) in [7, 11) is 0. The van der Waals surface area contributed by atoms with E-state index in [1.807, 2.05) is 49.6 Å². The van der Waals surface area contributed by atoms with Crippen LogP contribution in [0.3, 0.4) is 0 Å². The molecule has 2 aromatic heterocycles. The Morgan fingerprint density at radius 1 is 1.30 bits per heavy atom. The molecule has 1 aliphatic rings. The highest BCUT2D eigenvalue weighted by atomic mass is 32.2. The summed E-state index contributed by atoms with van der Waals surface area (Å²) in [5.74, 6) is 1.78. The van der Waals surface area contributed by atoms with Crippen LogP contribution in [-0.4, -0.2) is 32.4 Å². The fourth-order valence-electron chi connectivity index (χ4n) is 2.92. The summed E-state index contributed by atoms with van der Waals surface area (Å²) in [6.45, 7) is 4.49.